The van der Waals surface area contributed by atoms with Crippen molar-refractivity contribution in [2.45, 2.75) is 26.8 Å². The Hall–Kier alpha value is -2.09. The van der Waals surface area contributed by atoms with E-state index in [2.05, 4.69) is 53.1 Å². The van der Waals surface area contributed by atoms with Crippen molar-refractivity contribution >= 4 is 27.6 Å². The Morgan fingerprint density at radius 2 is 1.50 bits per heavy atom. The first-order valence-electron chi connectivity index (χ1n) is 7.15. The predicted octanol–water partition coefficient (Wildman–Crippen LogP) is 4.41. The molecule has 0 fully saturated rings. The van der Waals surface area contributed by atoms with Gasteiger partial charge >= 0.3 is 0 Å². The van der Waals surface area contributed by atoms with Gasteiger partial charge in [-0.15, -0.1) is 0 Å². The fourth-order valence-corrected chi connectivity index (χ4v) is 2.77. The van der Waals surface area contributed by atoms with E-state index in [9.17, 15) is 4.79 Å². The van der Waals surface area contributed by atoms with Crippen LogP contribution in [0.2, 0.25) is 0 Å². The number of rotatable bonds is 4. The van der Waals surface area contributed by atoms with E-state index in [0.717, 1.165) is 13.0 Å². The van der Waals surface area contributed by atoms with Crippen LogP contribution >= 0.6 is 0 Å². The van der Waals surface area contributed by atoms with Crippen LogP contribution in [0.25, 0.3) is 21.8 Å². The molecule has 1 aromatic heterocycles. The monoisotopic (exact) mass is 265 g/mol. The molecule has 1 unspecified atom stereocenters. The highest BCUT2D eigenvalue weighted by molar-refractivity contribution is 6.07. The molecule has 1 atom stereocenters. The standard InChI is InChI=1S/C18H19NO/c1-13(14(2)20)11-12-19-17-9-5-3-7-15(17)16-8-4-6-10-18(16)19/h3-10,13H,11-12H2,1-2H3. The highest BCUT2D eigenvalue weighted by atomic mass is 16.1. The number of carbonyl (C=O) groups excluding carboxylic acids is 1. The molecule has 20 heavy (non-hydrogen) atoms. The summed E-state index contributed by atoms with van der Waals surface area (Å²) in [5.74, 6) is 0.390. The minimum atomic E-state index is 0.120. The van der Waals surface area contributed by atoms with E-state index in [0.29, 0.717) is 0 Å². The number of aryl methyl sites for hydroxylation is 1. The lowest BCUT2D eigenvalue weighted by Gasteiger charge is -2.10. The first-order chi connectivity index (χ1) is 9.68. The van der Waals surface area contributed by atoms with E-state index < -0.39 is 0 Å². The van der Waals surface area contributed by atoms with Crippen LogP contribution in [-0.4, -0.2) is 10.4 Å². The number of para-hydroxylation sites is 2. The van der Waals surface area contributed by atoms with Crippen LogP contribution in [0.3, 0.4) is 0 Å². The molecule has 1 heterocycles. The van der Waals surface area contributed by atoms with Crippen LogP contribution in [0.4, 0.5) is 0 Å². The number of hydrogen-bond acceptors (Lipinski definition) is 1. The summed E-state index contributed by atoms with van der Waals surface area (Å²) in [6.07, 6.45) is 0.887. The average molecular weight is 265 g/mol. The Bertz CT molecular complexity index is 716. The van der Waals surface area contributed by atoms with Crippen molar-refractivity contribution < 1.29 is 4.79 Å². The van der Waals surface area contributed by atoms with Crippen molar-refractivity contribution in [3.63, 3.8) is 0 Å². The van der Waals surface area contributed by atoms with Gasteiger partial charge in [0.25, 0.3) is 0 Å². The number of hydrogen-bond donors (Lipinski definition) is 0. The normalized spacial score (nSPS) is 12.9. The van der Waals surface area contributed by atoms with Gasteiger partial charge in [-0.1, -0.05) is 43.3 Å². The third kappa shape index (κ3) is 2.11. The van der Waals surface area contributed by atoms with Gasteiger partial charge in [0.15, 0.2) is 0 Å². The molecule has 3 aromatic rings. The number of nitrogens with zero attached hydrogens (tertiary/aromatic N) is 1. The molecule has 2 heteroatoms. The zero-order valence-electron chi connectivity index (χ0n) is 12.0. The Labute approximate surface area is 119 Å². The lowest BCUT2D eigenvalue weighted by atomic mass is 10.0. The van der Waals surface area contributed by atoms with Gasteiger partial charge in [-0.25, -0.2) is 0 Å². The second-order valence-electron chi connectivity index (χ2n) is 5.49. The maximum atomic E-state index is 11.4. The number of aromatic nitrogens is 1. The fourth-order valence-electron chi connectivity index (χ4n) is 2.77. The number of carbonyl (C=O) groups is 1. The minimum absolute atomic E-state index is 0.120. The summed E-state index contributed by atoms with van der Waals surface area (Å²) >= 11 is 0. The summed E-state index contributed by atoms with van der Waals surface area (Å²) in [5.41, 5.74) is 2.51. The van der Waals surface area contributed by atoms with Crippen molar-refractivity contribution in [1.29, 1.82) is 0 Å². The zero-order valence-corrected chi connectivity index (χ0v) is 12.0. The number of ketones is 1. The highest BCUT2D eigenvalue weighted by Gasteiger charge is 2.12. The predicted molar refractivity (Wildman–Crippen MR) is 83.9 cm³/mol. The third-order valence-electron chi connectivity index (χ3n) is 4.16. The largest absolute Gasteiger partial charge is 0.340 e. The van der Waals surface area contributed by atoms with E-state index >= 15 is 0 Å². The smallest absolute Gasteiger partial charge is 0.132 e. The minimum Gasteiger partial charge on any atom is -0.340 e. The van der Waals surface area contributed by atoms with E-state index in [1.165, 1.54) is 21.8 Å². The first-order valence-corrected chi connectivity index (χ1v) is 7.15. The quantitative estimate of drug-likeness (QED) is 0.685. The summed E-state index contributed by atoms with van der Waals surface area (Å²) in [6.45, 7) is 4.57. The highest BCUT2D eigenvalue weighted by Crippen LogP contribution is 2.29. The lowest BCUT2D eigenvalue weighted by Crippen LogP contribution is -2.10. The maximum Gasteiger partial charge on any atom is 0.132 e. The Balaban J connectivity index is 2.09. The van der Waals surface area contributed by atoms with Gasteiger partial charge in [-0.2, -0.15) is 0 Å². The molecule has 0 saturated heterocycles. The van der Waals surface area contributed by atoms with Crippen LogP contribution in [0, 0.1) is 5.92 Å². The molecule has 0 spiro atoms. The van der Waals surface area contributed by atoms with Crippen LogP contribution in [0.1, 0.15) is 20.3 Å². The van der Waals surface area contributed by atoms with Crippen LogP contribution < -0.4 is 0 Å². The van der Waals surface area contributed by atoms with E-state index in [-0.39, 0.29) is 11.7 Å². The average Bonchev–Trinajstić information content (AvgIpc) is 2.79. The third-order valence-corrected chi connectivity index (χ3v) is 4.16. The lowest BCUT2D eigenvalue weighted by molar-refractivity contribution is -0.120. The molecular weight excluding hydrogens is 246 g/mol. The molecule has 0 radical (unpaired) electrons. The van der Waals surface area contributed by atoms with Gasteiger partial charge in [0, 0.05) is 34.3 Å². The Morgan fingerprint density at radius 3 is 2.00 bits per heavy atom. The second kappa shape index (κ2) is 5.12. The summed E-state index contributed by atoms with van der Waals surface area (Å²) in [6, 6.07) is 17.0. The number of benzene rings is 2. The molecule has 0 aliphatic rings. The summed E-state index contributed by atoms with van der Waals surface area (Å²) in [5, 5.41) is 2.58. The van der Waals surface area contributed by atoms with Crippen LogP contribution in [0.5, 0.6) is 0 Å². The topological polar surface area (TPSA) is 22.0 Å². The molecule has 2 nitrogen and oxygen atoms in total. The van der Waals surface area contributed by atoms with E-state index in [1.807, 2.05) is 6.92 Å². The summed E-state index contributed by atoms with van der Waals surface area (Å²) in [7, 11) is 0. The molecule has 3 rings (SSSR count). The number of Topliss-reactive ketones (excluding diaryl/α,β-unsaturated/α-hetero) is 1. The van der Waals surface area contributed by atoms with E-state index in [1.54, 1.807) is 6.92 Å². The van der Waals surface area contributed by atoms with E-state index in [4.69, 9.17) is 0 Å². The molecular formula is C18H19NO. The zero-order chi connectivity index (χ0) is 14.1. The molecule has 0 aliphatic carbocycles. The van der Waals surface area contributed by atoms with Gasteiger partial charge < -0.3 is 4.57 Å². The van der Waals surface area contributed by atoms with Gasteiger partial charge in [0.2, 0.25) is 0 Å². The van der Waals surface area contributed by atoms with Gasteiger partial charge in [0.1, 0.15) is 5.78 Å². The molecule has 0 bridgehead atoms. The first kappa shape index (κ1) is 12.9. The van der Waals surface area contributed by atoms with Gasteiger partial charge in [0.05, 0.1) is 0 Å². The fraction of sp³-hybridized carbons (Fsp3) is 0.278. The molecule has 0 aliphatic heterocycles. The van der Waals surface area contributed by atoms with Crippen molar-refractivity contribution in [2.75, 3.05) is 0 Å². The van der Waals surface area contributed by atoms with Crippen molar-refractivity contribution in [3.8, 4) is 0 Å². The van der Waals surface area contributed by atoms with Crippen molar-refractivity contribution in [3.05, 3.63) is 48.5 Å². The Morgan fingerprint density at radius 1 is 1.00 bits per heavy atom. The summed E-state index contributed by atoms with van der Waals surface area (Å²) in [4.78, 5) is 11.4. The molecule has 2 aromatic carbocycles. The molecule has 0 saturated carbocycles. The maximum absolute atomic E-state index is 11.4. The van der Waals surface area contributed by atoms with Crippen molar-refractivity contribution in [1.82, 2.24) is 4.57 Å². The van der Waals surface area contributed by atoms with Gasteiger partial charge in [-0.05, 0) is 25.5 Å². The van der Waals surface area contributed by atoms with Crippen LogP contribution in [0.15, 0.2) is 48.5 Å². The molecule has 102 valence electrons. The molecule has 0 amide bonds. The SMILES string of the molecule is CC(=O)C(C)CCn1c2ccccc2c2ccccc21. The van der Waals surface area contributed by atoms with Crippen LogP contribution in [-0.2, 0) is 11.3 Å². The van der Waals surface area contributed by atoms with Gasteiger partial charge in [-0.3, -0.25) is 4.79 Å². The second-order valence-corrected chi connectivity index (χ2v) is 5.49. The number of fused-ring (bicyclic) bond motifs is 3. The molecule has 0 N–H and O–H groups in total. The Kier molecular flexibility index (Phi) is 3.31. The van der Waals surface area contributed by atoms with Crippen molar-refractivity contribution in [2.24, 2.45) is 5.92 Å². The summed E-state index contributed by atoms with van der Waals surface area (Å²) < 4.78 is 2.34.